The summed E-state index contributed by atoms with van der Waals surface area (Å²) in [7, 11) is 1.74. The van der Waals surface area contributed by atoms with Crippen LogP contribution in [-0.4, -0.2) is 18.1 Å². The molecule has 3 N–H and O–H groups in total. The molecule has 3 rings (SSSR count). The van der Waals surface area contributed by atoms with E-state index in [9.17, 15) is 0 Å². The molecule has 0 amide bonds. The molecule has 18 heavy (non-hydrogen) atoms. The Morgan fingerprint density at radius 2 is 2.06 bits per heavy atom. The number of H-pyrrole nitrogens is 1. The minimum Gasteiger partial charge on any atom is -0.496 e. The lowest BCUT2D eigenvalue weighted by Gasteiger charge is -2.22. The van der Waals surface area contributed by atoms with Gasteiger partial charge in [0.1, 0.15) is 5.75 Å². The van der Waals surface area contributed by atoms with E-state index in [0.29, 0.717) is 0 Å². The highest BCUT2D eigenvalue weighted by Crippen LogP contribution is 2.53. The Hall–Kier alpha value is -1.48. The number of aromatic nitrogens is 1. The molecule has 0 bridgehead atoms. The highest BCUT2D eigenvalue weighted by atomic mass is 16.5. The average Bonchev–Trinajstić information content (AvgIpc) is 3.05. The van der Waals surface area contributed by atoms with Crippen molar-refractivity contribution in [2.24, 2.45) is 5.73 Å². The van der Waals surface area contributed by atoms with Crippen molar-refractivity contribution in [1.29, 1.82) is 0 Å². The van der Waals surface area contributed by atoms with Gasteiger partial charge in [-0.25, -0.2) is 0 Å². The Balaban J connectivity index is 2.21. The lowest BCUT2D eigenvalue weighted by molar-refractivity contribution is 0.399. The summed E-state index contributed by atoms with van der Waals surface area (Å²) in [6.07, 6.45) is 2.32. The molecule has 96 valence electrons. The third kappa shape index (κ3) is 1.54. The molecule has 1 aromatic carbocycles. The van der Waals surface area contributed by atoms with Gasteiger partial charge in [0.2, 0.25) is 0 Å². The third-order valence-corrected chi connectivity index (χ3v) is 4.27. The van der Waals surface area contributed by atoms with Gasteiger partial charge in [0.05, 0.1) is 7.11 Å². The molecule has 3 heteroatoms. The first kappa shape index (κ1) is 11.6. The minimum absolute atomic E-state index is 0.124. The molecule has 1 fully saturated rings. The second kappa shape index (κ2) is 3.75. The van der Waals surface area contributed by atoms with Gasteiger partial charge < -0.3 is 15.5 Å². The SMILES string of the molecule is COc1cc2cc(C)[nH]c2cc1C1(C(C)N)CC1. The number of rotatable bonds is 3. The van der Waals surface area contributed by atoms with E-state index in [-0.39, 0.29) is 11.5 Å². The topological polar surface area (TPSA) is 51.0 Å². The standard InChI is InChI=1S/C15H20N2O/c1-9-6-11-7-14(18-3)12(8-13(11)17-9)15(4-5-15)10(2)16/h6-8,10,17H,4-5,16H2,1-3H3. The summed E-state index contributed by atoms with van der Waals surface area (Å²) in [5, 5.41) is 1.20. The lowest BCUT2D eigenvalue weighted by atomic mass is 9.88. The number of benzene rings is 1. The van der Waals surface area contributed by atoms with Gasteiger partial charge in [0, 0.05) is 33.6 Å². The van der Waals surface area contributed by atoms with Crippen molar-refractivity contribution >= 4 is 10.9 Å². The second-order valence-corrected chi connectivity index (χ2v) is 5.54. The van der Waals surface area contributed by atoms with Gasteiger partial charge in [0.25, 0.3) is 0 Å². The van der Waals surface area contributed by atoms with Crippen LogP contribution < -0.4 is 10.5 Å². The van der Waals surface area contributed by atoms with Gasteiger partial charge in [-0.3, -0.25) is 0 Å². The molecule has 1 unspecified atom stereocenters. The number of hydrogen-bond acceptors (Lipinski definition) is 2. The zero-order chi connectivity index (χ0) is 12.9. The molecule has 0 aliphatic heterocycles. The molecule has 1 aromatic heterocycles. The molecule has 0 saturated heterocycles. The highest BCUT2D eigenvalue weighted by molar-refractivity contribution is 5.83. The smallest absolute Gasteiger partial charge is 0.123 e. The fourth-order valence-corrected chi connectivity index (χ4v) is 2.97. The van der Waals surface area contributed by atoms with Crippen molar-refractivity contribution < 1.29 is 4.74 Å². The first-order valence-electron chi connectivity index (χ1n) is 6.50. The van der Waals surface area contributed by atoms with E-state index >= 15 is 0 Å². The van der Waals surface area contributed by atoms with Crippen LogP contribution in [-0.2, 0) is 5.41 Å². The van der Waals surface area contributed by atoms with Crippen LogP contribution in [0, 0.1) is 6.92 Å². The van der Waals surface area contributed by atoms with Gasteiger partial charge in [-0.1, -0.05) is 0 Å². The normalized spacial score (nSPS) is 18.9. The van der Waals surface area contributed by atoms with Crippen LogP contribution in [0.3, 0.4) is 0 Å². The van der Waals surface area contributed by atoms with Gasteiger partial charge in [-0.15, -0.1) is 0 Å². The molecular formula is C15H20N2O. The van der Waals surface area contributed by atoms with Crippen molar-refractivity contribution in [1.82, 2.24) is 4.98 Å². The monoisotopic (exact) mass is 244 g/mol. The van der Waals surface area contributed by atoms with Crippen molar-refractivity contribution in [3.63, 3.8) is 0 Å². The summed E-state index contributed by atoms with van der Waals surface area (Å²) in [6, 6.07) is 6.65. The maximum atomic E-state index is 6.17. The molecule has 1 atom stereocenters. The summed E-state index contributed by atoms with van der Waals surface area (Å²) >= 11 is 0. The first-order valence-corrected chi connectivity index (χ1v) is 6.50. The Labute approximate surface area is 107 Å². The molecule has 1 aliphatic carbocycles. The highest BCUT2D eigenvalue weighted by Gasteiger charge is 2.49. The van der Waals surface area contributed by atoms with E-state index in [1.165, 1.54) is 22.2 Å². The second-order valence-electron chi connectivity index (χ2n) is 5.54. The molecule has 1 saturated carbocycles. The fraction of sp³-hybridized carbons (Fsp3) is 0.467. The summed E-state index contributed by atoms with van der Waals surface area (Å²) in [5.41, 5.74) is 9.91. The Morgan fingerprint density at radius 1 is 1.33 bits per heavy atom. The molecule has 0 spiro atoms. The predicted octanol–water partition coefficient (Wildman–Crippen LogP) is 2.86. The lowest BCUT2D eigenvalue weighted by Crippen LogP contribution is -2.31. The number of ether oxygens (including phenoxy) is 1. The summed E-state index contributed by atoms with van der Waals surface area (Å²) in [6.45, 7) is 4.17. The quantitative estimate of drug-likeness (QED) is 0.872. The molecular weight excluding hydrogens is 224 g/mol. The van der Waals surface area contributed by atoms with Gasteiger partial charge in [-0.05, 0) is 44.9 Å². The van der Waals surface area contributed by atoms with Crippen molar-refractivity contribution in [3.8, 4) is 5.75 Å². The molecule has 2 aromatic rings. The maximum absolute atomic E-state index is 6.17. The first-order chi connectivity index (χ1) is 8.56. The molecule has 1 aliphatic rings. The van der Waals surface area contributed by atoms with Gasteiger partial charge in [-0.2, -0.15) is 0 Å². The van der Waals surface area contributed by atoms with E-state index in [2.05, 4.69) is 37.0 Å². The van der Waals surface area contributed by atoms with E-state index in [4.69, 9.17) is 10.5 Å². The number of aromatic amines is 1. The largest absolute Gasteiger partial charge is 0.496 e. The van der Waals surface area contributed by atoms with Crippen molar-refractivity contribution in [2.75, 3.05) is 7.11 Å². The van der Waals surface area contributed by atoms with Crippen molar-refractivity contribution in [2.45, 2.75) is 38.1 Å². The number of aryl methyl sites for hydroxylation is 1. The number of nitrogens with one attached hydrogen (secondary N) is 1. The van der Waals surface area contributed by atoms with Crippen LogP contribution in [0.1, 0.15) is 31.0 Å². The zero-order valence-electron chi connectivity index (χ0n) is 11.2. The average molecular weight is 244 g/mol. The van der Waals surface area contributed by atoms with Crippen LogP contribution in [0.5, 0.6) is 5.75 Å². The summed E-state index contributed by atoms with van der Waals surface area (Å²) in [5.74, 6) is 0.969. The predicted molar refractivity (Wildman–Crippen MR) is 74.1 cm³/mol. The van der Waals surface area contributed by atoms with E-state index in [1.54, 1.807) is 7.11 Å². The van der Waals surface area contributed by atoms with Gasteiger partial charge >= 0.3 is 0 Å². The van der Waals surface area contributed by atoms with E-state index in [1.807, 2.05) is 0 Å². The molecule has 3 nitrogen and oxygen atoms in total. The third-order valence-electron chi connectivity index (χ3n) is 4.27. The van der Waals surface area contributed by atoms with E-state index < -0.39 is 0 Å². The Kier molecular flexibility index (Phi) is 2.42. The Bertz CT molecular complexity index is 594. The maximum Gasteiger partial charge on any atom is 0.123 e. The summed E-state index contributed by atoms with van der Waals surface area (Å²) < 4.78 is 5.57. The van der Waals surface area contributed by atoms with Crippen LogP contribution in [0.4, 0.5) is 0 Å². The minimum atomic E-state index is 0.124. The molecule has 1 heterocycles. The van der Waals surface area contributed by atoms with Crippen LogP contribution in [0.2, 0.25) is 0 Å². The number of hydrogen-bond donors (Lipinski definition) is 2. The van der Waals surface area contributed by atoms with Gasteiger partial charge in [0.15, 0.2) is 0 Å². The van der Waals surface area contributed by atoms with Crippen LogP contribution in [0.15, 0.2) is 18.2 Å². The number of fused-ring (bicyclic) bond motifs is 1. The summed E-state index contributed by atoms with van der Waals surface area (Å²) in [4.78, 5) is 3.39. The molecule has 0 radical (unpaired) electrons. The van der Waals surface area contributed by atoms with E-state index in [0.717, 1.165) is 18.6 Å². The number of nitrogens with two attached hydrogens (primary N) is 1. The zero-order valence-corrected chi connectivity index (χ0v) is 11.2. The number of methoxy groups -OCH3 is 1. The Morgan fingerprint density at radius 3 is 2.61 bits per heavy atom. The fourth-order valence-electron chi connectivity index (χ4n) is 2.97. The van der Waals surface area contributed by atoms with Crippen molar-refractivity contribution in [3.05, 3.63) is 29.5 Å². The van der Waals surface area contributed by atoms with Crippen LogP contribution in [0.25, 0.3) is 10.9 Å². The van der Waals surface area contributed by atoms with Crippen LogP contribution >= 0.6 is 0 Å².